The summed E-state index contributed by atoms with van der Waals surface area (Å²) in [5, 5.41) is 2.97. The van der Waals surface area contributed by atoms with E-state index in [9.17, 15) is 4.79 Å². The molecule has 0 bridgehead atoms. The number of carbonyl (C=O) groups excluding carboxylic acids is 1. The van der Waals surface area contributed by atoms with Gasteiger partial charge in [-0.15, -0.1) is 0 Å². The van der Waals surface area contributed by atoms with Crippen LogP contribution in [0.15, 0.2) is 24.3 Å². The molecule has 1 aromatic carbocycles. The third kappa shape index (κ3) is 5.60. The van der Waals surface area contributed by atoms with Crippen molar-refractivity contribution in [1.29, 1.82) is 0 Å². The second-order valence-corrected chi connectivity index (χ2v) is 7.41. The van der Waals surface area contributed by atoms with E-state index < -0.39 is 6.04 Å². The molecule has 1 amide bonds. The van der Waals surface area contributed by atoms with Crippen LogP contribution in [-0.4, -0.2) is 29.9 Å². The number of nitrogens with two attached hydrogens (primary N) is 1. The summed E-state index contributed by atoms with van der Waals surface area (Å²) in [6, 6.07) is 8.10. The molecule has 0 aromatic heterocycles. The Morgan fingerprint density at radius 2 is 2.00 bits per heavy atom. The van der Waals surface area contributed by atoms with Gasteiger partial charge in [0.25, 0.3) is 0 Å². The van der Waals surface area contributed by atoms with E-state index in [0.29, 0.717) is 6.54 Å². The first kappa shape index (κ1) is 18.9. The van der Waals surface area contributed by atoms with Crippen LogP contribution in [0, 0.1) is 11.8 Å². The molecular weight excluding hydrogens is 298 g/mol. The molecule has 2 unspecified atom stereocenters. The molecule has 1 heterocycles. The zero-order valence-corrected chi connectivity index (χ0v) is 15.4. The monoisotopic (exact) mass is 331 g/mol. The predicted octanol–water partition coefficient (Wildman–Crippen LogP) is 2.91. The molecule has 4 heteroatoms. The van der Waals surface area contributed by atoms with Crippen LogP contribution in [0.2, 0.25) is 0 Å². The average Bonchev–Trinajstić information content (AvgIpc) is 2.60. The molecule has 1 fully saturated rings. The van der Waals surface area contributed by atoms with Gasteiger partial charge in [0.1, 0.15) is 0 Å². The van der Waals surface area contributed by atoms with E-state index in [1.807, 2.05) is 6.92 Å². The quantitative estimate of drug-likeness (QED) is 0.808. The molecule has 3 N–H and O–H groups in total. The van der Waals surface area contributed by atoms with Crippen molar-refractivity contribution in [3.05, 3.63) is 35.4 Å². The Morgan fingerprint density at radius 3 is 2.67 bits per heavy atom. The molecule has 134 valence electrons. The van der Waals surface area contributed by atoms with Crippen molar-refractivity contribution >= 4 is 5.91 Å². The summed E-state index contributed by atoms with van der Waals surface area (Å²) in [5.41, 5.74) is 8.44. The molecular formula is C20H33N3O. The fraction of sp³-hybridized carbons (Fsp3) is 0.650. The first-order chi connectivity index (χ1) is 11.5. The van der Waals surface area contributed by atoms with Crippen LogP contribution in [0.3, 0.4) is 0 Å². The first-order valence-corrected chi connectivity index (χ1v) is 9.33. The van der Waals surface area contributed by atoms with E-state index in [0.717, 1.165) is 24.4 Å². The number of nitrogens with zero attached hydrogens (tertiary/aromatic N) is 1. The Hall–Kier alpha value is -1.39. The number of piperidine rings is 1. The van der Waals surface area contributed by atoms with Crippen molar-refractivity contribution in [3.8, 4) is 0 Å². The highest BCUT2D eigenvalue weighted by molar-refractivity contribution is 5.81. The van der Waals surface area contributed by atoms with Crippen LogP contribution >= 0.6 is 0 Å². The highest BCUT2D eigenvalue weighted by atomic mass is 16.2. The SMILES string of the molecule is CCC(C)C(N)C(=O)NCc1cccc(CN2CCC(C)CC2)c1. The zero-order chi connectivity index (χ0) is 17.5. The van der Waals surface area contributed by atoms with E-state index in [4.69, 9.17) is 5.73 Å². The van der Waals surface area contributed by atoms with Gasteiger partial charge >= 0.3 is 0 Å². The fourth-order valence-corrected chi connectivity index (χ4v) is 3.14. The lowest BCUT2D eigenvalue weighted by atomic mass is 9.98. The summed E-state index contributed by atoms with van der Waals surface area (Å²) >= 11 is 0. The molecule has 1 saturated heterocycles. The zero-order valence-electron chi connectivity index (χ0n) is 15.4. The van der Waals surface area contributed by atoms with Gasteiger partial charge in [0.05, 0.1) is 6.04 Å². The average molecular weight is 332 g/mol. The van der Waals surface area contributed by atoms with Crippen LogP contribution in [-0.2, 0) is 17.9 Å². The van der Waals surface area contributed by atoms with Gasteiger partial charge in [-0.1, -0.05) is 51.5 Å². The molecule has 24 heavy (non-hydrogen) atoms. The summed E-state index contributed by atoms with van der Waals surface area (Å²) in [5.74, 6) is 1.01. The third-order valence-corrected chi connectivity index (χ3v) is 5.30. The minimum absolute atomic E-state index is 0.0558. The largest absolute Gasteiger partial charge is 0.351 e. The summed E-state index contributed by atoms with van der Waals surface area (Å²) in [6.45, 7) is 10.3. The molecule has 2 rings (SSSR count). The topological polar surface area (TPSA) is 58.4 Å². The lowest BCUT2D eigenvalue weighted by Gasteiger charge is -2.30. The standard InChI is InChI=1S/C20H33N3O/c1-4-16(3)19(21)20(24)22-13-17-6-5-7-18(12-17)14-23-10-8-15(2)9-11-23/h5-7,12,15-16,19H,4,8-11,13-14,21H2,1-3H3,(H,22,24). The summed E-state index contributed by atoms with van der Waals surface area (Å²) in [6.07, 6.45) is 3.50. The normalized spacial score (nSPS) is 19.0. The molecule has 1 aliphatic rings. The van der Waals surface area contributed by atoms with Crippen molar-refractivity contribution in [2.24, 2.45) is 17.6 Å². The second-order valence-electron chi connectivity index (χ2n) is 7.41. The second kappa shape index (κ2) is 9.19. The van der Waals surface area contributed by atoms with Gasteiger partial charge in [-0.05, 0) is 48.9 Å². The minimum Gasteiger partial charge on any atom is -0.351 e. The van der Waals surface area contributed by atoms with Crippen molar-refractivity contribution in [1.82, 2.24) is 10.2 Å². The lowest BCUT2D eigenvalue weighted by molar-refractivity contribution is -0.123. The predicted molar refractivity (Wildman–Crippen MR) is 99.4 cm³/mol. The lowest BCUT2D eigenvalue weighted by Crippen LogP contribution is -2.44. The fourth-order valence-electron chi connectivity index (χ4n) is 3.14. The minimum atomic E-state index is -0.423. The maximum Gasteiger partial charge on any atom is 0.237 e. The maximum atomic E-state index is 12.1. The number of amides is 1. The highest BCUT2D eigenvalue weighted by Gasteiger charge is 2.19. The smallest absolute Gasteiger partial charge is 0.237 e. The summed E-state index contributed by atoms with van der Waals surface area (Å²) in [7, 11) is 0. The molecule has 0 saturated carbocycles. The van der Waals surface area contributed by atoms with E-state index in [2.05, 4.69) is 48.3 Å². The summed E-state index contributed by atoms with van der Waals surface area (Å²) in [4.78, 5) is 14.6. The van der Waals surface area contributed by atoms with Gasteiger partial charge in [-0.25, -0.2) is 0 Å². The highest BCUT2D eigenvalue weighted by Crippen LogP contribution is 2.18. The van der Waals surface area contributed by atoms with Gasteiger partial charge in [-0.2, -0.15) is 0 Å². The molecule has 1 aromatic rings. The van der Waals surface area contributed by atoms with E-state index in [1.165, 1.54) is 31.5 Å². The Morgan fingerprint density at radius 1 is 1.33 bits per heavy atom. The number of hydrogen-bond acceptors (Lipinski definition) is 3. The van der Waals surface area contributed by atoms with Crippen molar-refractivity contribution < 1.29 is 4.79 Å². The van der Waals surface area contributed by atoms with E-state index in [-0.39, 0.29) is 11.8 Å². The molecule has 1 aliphatic heterocycles. The number of hydrogen-bond donors (Lipinski definition) is 2. The Kier molecular flexibility index (Phi) is 7.25. The molecule has 0 radical (unpaired) electrons. The third-order valence-electron chi connectivity index (χ3n) is 5.30. The Labute approximate surface area is 146 Å². The number of benzene rings is 1. The van der Waals surface area contributed by atoms with Crippen LogP contribution in [0.1, 0.15) is 51.2 Å². The van der Waals surface area contributed by atoms with Crippen LogP contribution < -0.4 is 11.1 Å². The van der Waals surface area contributed by atoms with Gasteiger partial charge in [0, 0.05) is 13.1 Å². The Bertz CT molecular complexity index is 523. The van der Waals surface area contributed by atoms with E-state index >= 15 is 0 Å². The van der Waals surface area contributed by atoms with Crippen molar-refractivity contribution in [2.75, 3.05) is 13.1 Å². The maximum absolute atomic E-state index is 12.1. The number of likely N-dealkylation sites (tertiary alicyclic amines) is 1. The van der Waals surface area contributed by atoms with Crippen molar-refractivity contribution in [3.63, 3.8) is 0 Å². The van der Waals surface area contributed by atoms with Gasteiger partial charge < -0.3 is 11.1 Å². The number of rotatable bonds is 7. The van der Waals surface area contributed by atoms with Gasteiger partial charge in [0.2, 0.25) is 5.91 Å². The number of carbonyl (C=O) groups is 1. The number of nitrogens with one attached hydrogen (secondary N) is 1. The Balaban J connectivity index is 1.85. The molecule has 2 atom stereocenters. The molecule has 0 aliphatic carbocycles. The van der Waals surface area contributed by atoms with Gasteiger partial charge in [0.15, 0.2) is 0 Å². The van der Waals surface area contributed by atoms with Crippen LogP contribution in [0.5, 0.6) is 0 Å². The molecule has 0 spiro atoms. The van der Waals surface area contributed by atoms with E-state index in [1.54, 1.807) is 0 Å². The first-order valence-electron chi connectivity index (χ1n) is 9.33. The van der Waals surface area contributed by atoms with Crippen LogP contribution in [0.4, 0.5) is 0 Å². The summed E-state index contributed by atoms with van der Waals surface area (Å²) < 4.78 is 0. The molecule has 4 nitrogen and oxygen atoms in total. The van der Waals surface area contributed by atoms with Crippen molar-refractivity contribution in [2.45, 2.75) is 59.2 Å². The van der Waals surface area contributed by atoms with Gasteiger partial charge in [-0.3, -0.25) is 9.69 Å². The van der Waals surface area contributed by atoms with Crippen LogP contribution in [0.25, 0.3) is 0 Å².